The Morgan fingerprint density at radius 1 is 1.15 bits per heavy atom. The quantitative estimate of drug-likeness (QED) is 0.316. The van der Waals surface area contributed by atoms with Gasteiger partial charge in [-0.2, -0.15) is 5.26 Å². The number of ether oxygens (including phenoxy) is 3. The fourth-order valence-corrected chi connectivity index (χ4v) is 9.76. The summed E-state index contributed by atoms with van der Waals surface area (Å²) in [4.78, 5) is 22.6. The van der Waals surface area contributed by atoms with E-state index in [1.165, 1.54) is 13.8 Å². The van der Waals surface area contributed by atoms with Gasteiger partial charge in [-0.05, 0) is 79.6 Å². The molecule has 0 amide bonds. The summed E-state index contributed by atoms with van der Waals surface area (Å²) in [6.07, 6.45) is 9.26. The number of rotatable bonds is 4. The van der Waals surface area contributed by atoms with Crippen LogP contribution in [0.3, 0.4) is 0 Å². The predicted octanol–water partition coefficient (Wildman–Crippen LogP) is 4.94. The summed E-state index contributed by atoms with van der Waals surface area (Å²) in [6, 6.07) is 2.19. The Hall–Kier alpha value is -1.58. The third kappa shape index (κ3) is 3.45. The van der Waals surface area contributed by atoms with E-state index in [0.29, 0.717) is 30.8 Å². The summed E-state index contributed by atoms with van der Waals surface area (Å²) in [5.41, 5.74) is 0.991. The molecule has 0 aromatic carbocycles. The summed E-state index contributed by atoms with van der Waals surface area (Å²) in [6.45, 7) is 6.21. The predicted molar refractivity (Wildman–Crippen MR) is 126 cm³/mol. The maximum Gasteiger partial charge on any atom is 0.302 e. The van der Waals surface area contributed by atoms with Gasteiger partial charge in [-0.3, -0.25) is 9.59 Å². The average Bonchev–Trinajstić information content (AvgIpc) is 3.19. The standard InChI is InChI=1S/C27H36ClNO5/c1-16(30)32-14-18(8-11-29)21-4-5-22-20-12-24-27(28)13-19(34-17(2)31)6-10-26(27,15-33-24)23(20)7-9-25(21,22)3/h8,19-24H,4-7,9-10,12-15H2,1-3H3/b18-8-/t19-,20-,21+,22-,23-,24?,25+,26-,27-/m0/s1. The third-order valence-corrected chi connectivity index (χ3v) is 11.2. The Kier molecular flexibility index (Phi) is 6.05. The van der Waals surface area contributed by atoms with Gasteiger partial charge in [0.05, 0.1) is 23.7 Å². The van der Waals surface area contributed by atoms with Crippen molar-refractivity contribution in [1.82, 2.24) is 0 Å². The molecule has 0 aromatic rings. The number of alkyl halides is 1. The number of hydrogen-bond acceptors (Lipinski definition) is 6. The van der Waals surface area contributed by atoms with Crippen LogP contribution in [0.1, 0.15) is 72.1 Å². The molecule has 7 heteroatoms. The van der Waals surface area contributed by atoms with Crippen LogP contribution in [-0.2, 0) is 23.8 Å². The summed E-state index contributed by atoms with van der Waals surface area (Å²) < 4.78 is 17.4. The zero-order valence-electron chi connectivity index (χ0n) is 20.5. The van der Waals surface area contributed by atoms with Gasteiger partial charge in [0.25, 0.3) is 0 Å². The minimum atomic E-state index is -0.459. The Labute approximate surface area is 207 Å². The molecule has 4 saturated carbocycles. The smallest absolute Gasteiger partial charge is 0.302 e. The number of carbonyl (C=O) groups is 2. The van der Waals surface area contributed by atoms with Crippen LogP contribution in [0.4, 0.5) is 0 Å². The number of hydrogen-bond donors (Lipinski definition) is 0. The monoisotopic (exact) mass is 489 g/mol. The lowest BCUT2D eigenvalue weighted by atomic mass is 9.44. The molecule has 5 fully saturated rings. The Morgan fingerprint density at radius 3 is 2.65 bits per heavy atom. The van der Waals surface area contributed by atoms with E-state index in [2.05, 4.69) is 13.0 Å². The van der Waals surface area contributed by atoms with E-state index in [0.717, 1.165) is 50.5 Å². The summed E-state index contributed by atoms with van der Waals surface area (Å²) in [5.74, 6) is 1.32. The minimum absolute atomic E-state index is 0.00894. The maximum atomic E-state index is 11.6. The first-order chi connectivity index (χ1) is 16.1. The van der Waals surface area contributed by atoms with Crippen molar-refractivity contribution in [3.8, 4) is 6.07 Å². The molecular weight excluding hydrogens is 454 g/mol. The molecule has 186 valence electrons. The molecule has 2 bridgehead atoms. The molecular formula is C27H36ClNO5. The molecule has 5 rings (SSSR count). The second-order valence-electron chi connectivity index (χ2n) is 11.7. The number of esters is 2. The van der Waals surface area contributed by atoms with Crippen LogP contribution in [0.15, 0.2) is 11.6 Å². The van der Waals surface area contributed by atoms with Crippen molar-refractivity contribution in [1.29, 1.82) is 5.26 Å². The number of halogens is 1. The van der Waals surface area contributed by atoms with Gasteiger partial charge >= 0.3 is 11.9 Å². The highest BCUT2D eigenvalue weighted by atomic mass is 35.5. The van der Waals surface area contributed by atoms with E-state index in [-0.39, 0.29) is 47.5 Å². The second-order valence-corrected chi connectivity index (χ2v) is 12.4. The molecule has 1 heterocycles. The van der Waals surface area contributed by atoms with Gasteiger partial charge in [0.1, 0.15) is 12.7 Å². The number of carbonyl (C=O) groups excluding carboxylic acids is 2. The van der Waals surface area contributed by atoms with Crippen molar-refractivity contribution in [2.75, 3.05) is 13.2 Å². The first-order valence-corrected chi connectivity index (χ1v) is 13.2. The molecule has 0 spiro atoms. The van der Waals surface area contributed by atoms with E-state index >= 15 is 0 Å². The van der Waals surface area contributed by atoms with E-state index in [1.807, 2.05) is 0 Å². The summed E-state index contributed by atoms with van der Waals surface area (Å²) in [5, 5.41) is 9.41. The largest absolute Gasteiger partial charge is 0.462 e. The lowest BCUT2D eigenvalue weighted by Gasteiger charge is -2.62. The molecule has 5 aliphatic rings. The van der Waals surface area contributed by atoms with Gasteiger partial charge < -0.3 is 14.2 Å². The van der Waals surface area contributed by atoms with Crippen molar-refractivity contribution in [2.24, 2.45) is 34.5 Å². The molecule has 4 aliphatic carbocycles. The second kappa shape index (κ2) is 8.52. The SMILES string of the molecule is CC(=O)OC/C(=C/C#N)[C@H]1CC[C@H]2[C@@H]3CC4OC[C@@]5(CC[C@H](OC(C)=O)C[C@]45Cl)[C@H]3CC[C@]12C. The number of nitriles is 1. The van der Waals surface area contributed by atoms with Crippen molar-refractivity contribution >= 4 is 23.5 Å². The normalized spacial score (nSPS) is 47.1. The summed E-state index contributed by atoms with van der Waals surface area (Å²) >= 11 is 7.49. The molecule has 0 aromatic heterocycles. The zero-order chi connectivity index (χ0) is 24.3. The lowest BCUT2D eigenvalue weighted by molar-refractivity contribution is -0.155. The highest BCUT2D eigenvalue weighted by Gasteiger charge is 2.72. The number of nitrogens with zero attached hydrogens (tertiary/aromatic N) is 1. The van der Waals surface area contributed by atoms with Gasteiger partial charge in [-0.15, -0.1) is 11.6 Å². The molecule has 1 aliphatic heterocycles. The molecule has 9 atom stereocenters. The van der Waals surface area contributed by atoms with E-state index < -0.39 is 4.87 Å². The third-order valence-electron chi connectivity index (χ3n) is 10.4. The minimum Gasteiger partial charge on any atom is -0.462 e. The number of allylic oxidation sites excluding steroid dienone is 1. The molecule has 6 nitrogen and oxygen atoms in total. The van der Waals surface area contributed by atoms with Crippen LogP contribution < -0.4 is 0 Å². The molecule has 0 N–H and O–H groups in total. The highest BCUT2D eigenvalue weighted by molar-refractivity contribution is 6.25. The Balaban J connectivity index is 1.40. The topological polar surface area (TPSA) is 85.6 Å². The fraction of sp³-hybridized carbons (Fsp3) is 0.815. The van der Waals surface area contributed by atoms with Gasteiger partial charge in [-0.1, -0.05) is 6.92 Å². The maximum absolute atomic E-state index is 11.6. The fourth-order valence-electron chi connectivity index (χ4n) is 9.15. The molecule has 1 saturated heterocycles. The lowest BCUT2D eigenvalue weighted by Crippen LogP contribution is -2.64. The molecule has 34 heavy (non-hydrogen) atoms. The van der Waals surface area contributed by atoms with Crippen LogP contribution in [0.2, 0.25) is 0 Å². The number of fused-ring (bicyclic) bond motifs is 3. The van der Waals surface area contributed by atoms with Crippen molar-refractivity contribution in [2.45, 2.75) is 89.2 Å². The van der Waals surface area contributed by atoms with Crippen molar-refractivity contribution in [3.05, 3.63) is 11.6 Å². The van der Waals surface area contributed by atoms with Crippen molar-refractivity contribution < 1.29 is 23.8 Å². The molecule has 0 radical (unpaired) electrons. The zero-order valence-corrected chi connectivity index (χ0v) is 21.2. The highest BCUT2D eigenvalue weighted by Crippen LogP contribution is 2.72. The van der Waals surface area contributed by atoms with E-state index in [9.17, 15) is 14.9 Å². The Morgan fingerprint density at radius 2 is 1.94 bits per heavy atom. The van der Waals surface area contributed by atoms with Crippen LogP contribution in [-0.4, -0.2) is 42.2 Å². The van der Waals surface area contributed by atoms with Gasteiger partial charge in [0, 0.05) is 31.8 Å². The summed E-state index contributed by atoms with van der Waals surface area (Å²) in [7, 11) is 0. The van der Waals surface area contributed by atoms with E-state index in [4.69, 9.17) is 25.8 Å². The first-order valence-electron chi connectivity index (χ1n) is 12.8. The average molecular weight is 490 g/mol. The van der Waals surface area contributed by atoms with Crippen LogP contribution in [0.25, 0.3) is 0 Å². The van der Waals surface area contributed by atoms with Gasteiger partial charge in [-0.25, -0.2) is 0 Å². The van der Waals surface area contributed by atoms with Gasteiger partial charge in [0.2, 0.25) is 0 Å². The van der Waals surface area contributed by atoms with Crippen LogP contribution in [0.5, 0.6) is 0 Å². The molecule has 1 unspecified atom stereocenters. The Bertz CT molecular complexity index is 944. The van der Waals surface area contributed by atoms with Crippen molar-refractivity contribution in [3.63, 3.8) is 0 Å². The first kappa shape index (κ1) is 24.1. The van der Waals surface area contributed by atoms with Crippen LogP contribution in [0, 0.1) is 45.8 Å². The van der Waals surface area contributed by atoms with E-state index in [1.54, 1.807) is 6.08 Å². The van der Waals surface area contributed by atoms with Gasteiger partial charge in [0.15, 0.2) is 0 Å². The van der Waals surface area contributed by atoms with Crippen LogP contribution >= 0.6 is 11.6 Å².